The maximum Gasteiger partial charge on any atom is 0.315 e. The van der Waals surface area contributed by atoms with Crippen molar-refractivity contribution in [3.63, 3.8) is 0 Å². The van der Waals surface area contributed by atoms with Crippen molar-refractivity contribution in [3.8, 4) is 0 Å². The van der Waals surface area contributed by atoms with Gasteiger partial charge in [-0.1, -0.05) is 19.4 Å². The highest BCUT2D eigenvalue weighted by Gasteiger charge is 2.62. The molecule has 6 heteroatoms. The van der Waals surface area contributed by atoms with Crippen LogP contribution in [0.1, 0.15) is 52.6 Å². The summed E-state index contributed by atoms with van der Waals surface area (Å²) in [5.74, 6) is -0.318. The van der Waals surface area contributed by atoms with Crippen LogP contribution in [0.2, 0.25) is 0 Å². The summed E-state index contributed by atoms with van der Waals surface area (Å²) in [5.41, 5.74) is 0.328. The Morgan fingerprint density at radius 3 is 2.92 bits per heavy atom. The van der Waals surface area contributed by atoms with Crippen molar-refractivity contribution >= 4 is 35.5 Å². The number of hydrogen-bond acceptors (Lipinski definition) is 4. The number of aliphatic carboxylic acids is 1. The van der Waals surface area contributed by atoms with Gasteiger partial charge in [-0.25, -0.2) is 4.98 Å². The average molecular weight is 368 g/mol. The normalized spacial score (nSPS) is 23.1. The number of aryl methyl sites for hydroxylation is 1. The Bertz CT molecular complexity index is 1010. The molecule has 2 atom stereocenters. The third-order valence-electron chi connectivity index (χ3n) is 5.14. The number of aromatic nitrogens is 2. The van der Waals surface area contributed by atoms with Crippen LogP contribution in [0, 0.1) is 12.3 Å². The van der Waals surface area contributed by atoms with E-state index in [1.165, 1.54) is 4.88 Å². The van der Waals surface area contributed by atoms with Crippen LogP contribution >= 0.6 is 11.3 Å². The van der Waals surface area contributed by atoms with E-state index >= 15 is 0 Å². The Kier molecular flexibility index (Phi) is 3.95. The van der Waals surface area contributed by atoms with Gasteiger partial charge in [0.15, 0.2) is 0 Å². The first-order valence-corrected chi connectivity index (χ1v) is 9.60. The molecule has 1 aliphatic carbocycles. The molecule has 0 aromatic carbocycles. The Morgan fingerprint density at radius 1 is 1.46 bits per heavy atom. The van der Waals surface area contributed by atoms with Gasteiger partial charge in [0.25, 0.3) is 5.56 Å². The first kappa shape index (κ1) is 17.0. The lowest BCUT2D eigenvalue weighted by atomic mass is 10.0. The van der Waals surface area contributed by atoms with Gasteiger partial charge < -0.3 is 5.11 Å². The molecule has 2 aliphatic rings. The fraction of sp³-hybridized carbons (Fsp3) is 0.350. The molecule has 5 nitrogen and oxygen atoms in total. The predicted molar refractivity (Wildman–Crippen MR) is 103 cm³/mol. The summed E-state index contributed by atoms with van der Waals surface area (Å²) >= 11 is 1.69. The minimum absolute atomic E-state index is 0.101. The molecule has 0 spiro atoms. The molecule has 0 radical (unpaired) electrons. The number of carboxylic acid groups (broad SMARTS) is 1. The first-order chi connectivity index (χ1) is 12.5. The summed E-state index contributed by atoms with van der Waals surface area (Å²) in [6.45, 7) is 4.08. The highest BCUT2D eigenvalue weighted by atomic mass is 32.1. The van der Waals surface area contributed by atoms with Gasteiger partial charge in [-0.3, -0.25) is 14.2 Å². The zero-order chi connectivity index (χ0) is 18.5. The summed E-state index contributed by atoms with van der Waals surface area (Å²) in [7, 11) is 0. The van der Waals surface area contributed by atoms with Crippen molar-refractivity contribution in [2.75, 3.05) is 0 Å². The van der Waals surface area contributed by atoms with Gasteiger partial charge in [0.05, 0.1) is 11.7 Å². The first-order valence-electron chi connectivity index (χ1n) is 8.79. The van der Waals surface area contributed by atoms with Crippen molar-refractivity contribution in [3.05, 3.63) is 55.4 Å². The van der Waals surface area contributed by atoms with Crippen molar-refractivity contribution < 1.29 is 9.90 Å². The minimum Gasteiger partial charge on any atom is -0.481 e. The van der Waals surface area contributed by atoms with E-state index in [2.05, 4.69) is 18.0 Å². The monoisotopic (exact) mass is 368 g/mol. The second-order valence-electron chi connectivity index (χ2n) is 6.94. The zero-order valence-electron chi connectivity index (χ0n) is 14.7. The highest BCUT2D eigenvalue weighted by molar-refractivity contribution is 7.12. The lowest BCUT2D eigenvalue weighted by molar-refractivity contribution is -0.141. The van der Waals surface area contributed by atoms with Gasteiger partial charge in [-0.2, -0.15) is 0 Å². The van der Waals surface area contributed by atoms with E-state index in [1.807, 2.05) is 25.1 Å². The molecule has 1 N–H and O–H groups in total. The van der Waals surface area contributed by atoms with Crippen LogP contribution in [0.3, 0.4) is 0 Å². The molecule has 2 aromatic rings. The second-order valence-corrected chi connectivity index (χ2v) is 8.26. The van der Waals surface area contributed by atoms with E-state index in [9.17, 15) is 14.7 Å². The van der Waals surface area contributed by atoms with Crippen LogP contribution in [0.4, 0.5) is 0 Å². The van der Waals surface area contributed by atoms with Gasteiger partial charge in [-0.15, -0.1) is 11.3 Å². The van der Waals surface area contributed by atoms with Gasteiger partial charge in [0, 0.05) is 15.3 Å². The number of thiophene rings is 1. The number of carbonyl (C=O) groups is 1. The van der Waals surface area contributed by atoms with E-state index in [4.69, 9.17) is 0 Å². The van der Waals surface area contributed by atoms with E-state index in [-0.39, 0.29) is 11.6 Å². The van der Waals surface area contributed by atoms with Crippen molar-refractivity contribution in [1.29, 1.82) is 0 Å². The molecule has 0 bridgehead atoms. The standard InChI is InChI=1S/C20H20N2O3S/c1-3-4-14-15(8-7-13-6-5-12(2)26-13)21-17-9-10-20(19(24)25)11-16(20)22(17)18(14)23/h5-10,16H,3-4,11H2,1-2H3,(H,24,25)/b8-7+. The van der Waals surface area contributed by atoms with E-state index < -0.39 is 11.4 Å². The Balaban J connectivity index is 1.80. The third-order valence-corrected chi connectivity index (χ3v) is 6.11. The number of fused-ring (bicyclic) bond motifs is 3. The molecule has 1 aliphatic heterocycles. The second kappa shape index (κ2) is 6.06. The molecule has 0 saturated heterocycles. The van der Waals surface area contributed by atoms with Crippen molar-refractivity contribution in [2.24, 2.45) is 5.41 Å². The van der Waals surface area contributed by atoms with Crippen LogP contribution in [0.5, 0.6) is 0 Å². The minimum atomic E-state index is -0.923. The lowest BCUT2D eigenvalue weighted by Crippen LogP contribution is -2.32. The molecular formula is C20H20N2O3S. The molecule has 2 unspecified atom stereocenters. The maximum atomic E-state index is 13.1. The van der Waals surface area contributed by atoms with Crippen LogP contribution < -0.4 is 5.56 Å². The van der Waals surface area contributed by atoms with Crippen molar-refractivity contribution in [1.82, 2.24) is 9.55 Å². The number of hydrogen-bond donors (Lipinski definition) is 1. The molecule has 3 heterocycles. The largest absolute Gasteiger partial charge is 0.481 e. The molecule has 1 saturated carbocycles. The SMILES string of the molecule is CCCc1c(/C=C/c2ccc(C)s2)nc2n(c1=O)C1CC1(C(=O)O)C=C2. The third kappa shape index (κ3) is 2.56. The van der Waals surface area contributed by atoms with Gasteiger partial charge in [0.2, 0.25) is 0 Å². The van der Waals surface area contributed by atoms with Crippen LogP contribution in [0.25, 0.3) is 18.2 Å². The molecule has 0 amide bonds. The summed E-state index contributed by atoms with van der Waals surface area (Å²) in [6, 6.07) is 3.80. The Hall–Kier alpha value is -2.47. The highest BCUT2D eigenvalue weighted by Crippen LogP contribution is 2.59. The van der Waals surface area contributed by atoms with E-state index in [0.717, 1.165) is 11.3 Å². The van der Waals surface area contributed by atoms with Gasteiger partial charge in [0.1, 0.15) is 11.2 Å². The molecule has 4 rings (SSSR count). The van der Waals surface area contributed by atoms with Crippen molar-refractivity contribution in [2.45, 2.75) is 39.2 Å². The van der Waals surface area contributed by atoms with Crippen LogP contribution in [0.15, 0.2) is 23.0 Å². The fourth-order valence-electron chi connectivity index (χ4n) is 3.64. The summed E-state index contributed by atoms with van der Waals surface area (Å²) < 4.78 is 1.59. The Morgan fingerprint density at radius 2 is 2.27 bits per heavy atom. The number of rotatable bonds is 5. The van der Waals surface area contributed by atoms with Crippen LogP contribution in [-0.4, -0.2) is 20.6 Å². The smallest absolute Gasteiger partial charge is 0.315 e. The summed E-state index contributed by atoms with van der Waals surface area (Å²) in [5, 5.41) is 9.50. The van der Waals surface area contributed by atoms with Crippen LogP contribution in [-0.2, 0) is 11.2 Å². The van der Waals surface area contributed by atoms with Gasteiger partial charge in [-0.05, 0) is 50.1 Å². The summed E-state index contributed by atoms with van der Waals surface area (Å²) in [6.07, 6.45) is 9.19. The quantitative estimate of drug-likeness (QED) is 0.872. The molecule has 2 aromatic heterocycles. The van der Waals surface area contributed by atoms with E-state index in [1.54, 1.807) is 28.1 Å². The molecule has 134 valence electrons. The number of nitrogens with zero attached hydrogens (tertiary/aromatic N) is 2. The maximum absolute atomic E-state index is 13.1. The fourth-order valence-corrected chi connectivity index (χ4v) is 4.42. The van der Waals surface area contributed by atoms with E-state index in [0.29, 0.717) is 29.9 Å². The molecule has 26 heavy (non-hydrogen) atoms. The summed E-state index contributed by atoms with van der Waals surface area (Å²) in [4.78, 5) is 31.7. The predicted octanol–water partition coefficient (Wildman–Crippen LogP) is 3.78. The average Bonchev–Trinajstić information content (AvgIpc) is 3.23. The number of carboxylic acids is 1. The molecular weight excluding hydrogens is 348 g/mol. The van der Waals surface area contributed by atoms with Gasteiger partial charge >= 0.3 is 5.97 Å². The topological polar surface area (TPSA) is 72.2 Å². The lowest BCUT2D eigenvalue weighted by Gasteiger charge is -2.19. The molecule has 1 fully saturated rings. The Labute approximate surface area is 155 Å². The zero-order valence-corrected chi connectivity index (χ0v) is 15.5.